The maximum atomic E-state index is 11.4. The average molecular weight is 461 g/mol. The molecule has 1 saturated carbocycles. The Balaban J connectivity index is 1.27. The van der Waals surface area contributed by atoms with Crippen LogP contribution in [0.1, 0.15) is 74.0 Å². The molecular weight excluding hydrogens is 420 g/mol. The molecule has 2 heterocycles. The minimum atomic E-state index is -0.361. The molecule has 1 unspecified atom stereocenters. The van der Waals surface area contributed by atoms with Crippen LogP contribution in [0.25, 0.3) is 0 Å². The summed E-state index contributed by atoms with van der Waals surface area (Å²) in [7, 11) is 0. The van der Waals surface area contributed by atoms with Crippen molar-refractivity contribution in [2.45, 2.75) is 64.6 Å². The summed E-state index contributed by atoms with van der Waals surface area (Å²) in [6.07, 6.45) is 2.59. The lowest BCUT2D eigenvalue weighted by molar-refractivity contribution is -0.0674. The molecule has 3 fully saturated rings. The summed E-state index contributed by atoms with van der Waals surface area (Å²) in [6.45, 7) is 15.0. The molecule has 182 valence electrons. The number of nitrogens with two attached hydrogens (primary N) is 1. The third-order valence-electron chi connectivity index (χ3n) is 8.54. The zero-order chi connectivity index (χ0) is 24.0. The van der Waals surface area contributed by atoms with Crippen LogP contribution in [-0.2, 0) is 0 Å². The van der Waals surface area contributed by atoms with Crippen LogP contribution in [0.5, 0.6) is 0 Å². The third-order valence-corrected chi connectivity index (χ3v) is 8.54. The van der Waals surface area contributed by atoms with E-state index in [-0.39, 0.29) is 5.91 Å². The first-order chi connectivity index (χ1) is 16.3. The third kappa shape index (κ3) is 4.25. The Morgan fingerprint density at radius 2 is 1.65 bits per heavy atom. The molecule has 5 nitrogen and oxygen atoms in total. The van der Waals surface area contributed by atoms with E-state index in [0.717, 1.165) is 26.2 Å². The molecule has 5 heteroatoms. The first kappa shape index (κ1) is 23.4. The van der Waals surface area contributed by atoms with E-state index in [2.05, 4.69) is 66.7 Å². The molecule has 0 radical (unpaired) electrons. The predicted octanol–water partition coefficient (Wildman–Crippen LogP) is 4.65. The van der Waals surface area contributed by atoms with Crippen molar-refractivity contribution in [2.75, 3.05) is 37.6 Å². The number of benzene rings is 2. The van der Waals surface area contributed by atoms with Crippen molar-refractivity contribution in [1.82, 2.24) is 9.80 Å². The summed E-state index contributed by atoms with van der Waals surface area (Å²) in [5.41, 5.74) is 10.7. The summed E-state index contributed by atoms with van der Waals surface area (Å²) in [4.78, 5) is 19.3. The van der Waals surface area contributed by atoms with Gasteiger partial charge in [-0.25, -0.2) is 0 Å². The summed E-state index contributed by atoms with van der Waals surface area (Å²) in [5, 5.41) is 0. The van der Waals surface area contributed by atoms with Gasteiger partial charge in [0.05, 0.1) is 0 Å². The minimum Gasteiger partial charge on any atom is -0.370 e. The van der Waals surface area contributed by atoms with Crippen LogP contribution in [0.2, 0.25) is 0 Å². The first-order valence-electron chi connectivity index (χ1n) is 13.0. The van der Waals surface area contributed by atoms with E-state index in [9.17, 15) is 4.79 Å². The number of rotatable bonds is 6. The molecule has 1 atom stereocenters. The molecule has 5 rings (SSSR count). The number of hydrogen-bond donors (Lipinski definition) is 1. The second-order valence-corrected chi connectivity index (χ2v) is 11.5. The molecular formula is C29H40N4O. The molecule has 1 spiro atoms. The number of primary amides is 1. The number of piperazine rings is 1. The van der Waals surface area contributed by atoms with Crippen LogP contribution in [0, 0.1) is 5.41 Å². The summed E-state index contributed by atoms with van der Waals surface area (Å²) < 4.78 is 0. The number of carbonyl (C=O) groups is 1. The van der Waals surface area contributed by atoms with Crippen LogP contribution in [0.3, 0.4) is 0 Å². The summed E-state index contributed by atoms with van der Waals surface area (Å²) in [6, 6.07) is 18.6. The van der Waals surface area contributed by atoms with Crippen LogP contribution in [0.15, 0.2) is 48.5 Å². The van der Waals surface area contributed by atoms with Gasteiger partial charge >= 0.3 is 0 Å². The standard InChI is InChI=1S/C29H40N4O/c1-20(2)25-7-5-6-8-26(25)27-17-31(21(3)4)13-14-33(27)24-15-29(16-24)18-32(19-29)23-11-9-22(10-12-23)28(30)34/h5-12,20-21,24,27H,13-19H2,1-4H3,(H2,30,34). The Bertz CT molecular complexity index is 1020. The van der Waals surface area contributed by atoms with Gasteiger partial charge in [0.25, 0.3) is 0 Å². The lowest BCUT2D eigenvalue weighted by Gasteiger charge is -2.63. The maximum Gasteiger partial charge on any atom is 0.248 e. The van der Waals surface area contributed by atoms with E-state index in [1.165, 1.54) is 36.2 Å². The van der Waals surface area contributed by atoms with E-state index in [1.54, 1.807) is 0 Å². The molecule has 2 N–H and O–H groups in total. The zero-order valence-electron chi connectivity index (χ0n) is 21.2. The first-order valence-corrected chi connectivity index (χ1v) is 13.0. The fraction of sp³-hybridized carbons (Fsp3) is 0.552. The van der Waals surface area contributed by atoms with Crippen LogP contribution >= 0.6 is 0 Å². The lowest BCUT2D eigenvalue weighted by Crippen LogP contribution is -2.68. The monoisotopic (exact) mass is 460 g/mol. The van der Waals surface area contributed by atoms with Crippen molar-refractivity contribution >= 4 is 11.6 Å². The second-order valence-electron chi connectivity index (χ2n) is 11.5. The lowest BCUT2D eigenvalue weighted by atomic mass is 9.59. The van der Waals surface area contributed by atoms with Crippen molar-refractivity contribution in [2.24, 2.45) is 11.1 Å². The molecule has 1 aliphatic carbocycles. The number of amides is 1. The maximum absolute atomic E-state index is 11.4. The second kappa shape index (κ2) is 9.01. The largest absolute Gasteiger partial charge is 0.370 e. The van der Waals surface area contributed by atoms with Crippen molar-refractivity contribution in [3.8, 4) is 0 Å². The topological polar surface area (TPSA) is 52.8 Å². The molecule has 34 heavy (non-hydrogen) atoms. The van der Waals surface area contributed by atoms with E-state index in [0.29, 0.717) is 35.0 Å². The Kier molecular flexibility index (Phi) is 6.19. The molecule has 1 amide bonds. The Morgan fingerprint density at radius 3 is 2.26 bits per heavy atom. The van der Waals surface area contributed by atoms with E-state index in [1.807, 2.05) is 24.3 Å². The van der Waals surface area contributed by atoms with Crippen LogP contribution in [0.4, 0.5) is 5.69 Å². The van der Waals surface area contributed by atoms with Gasteiger partial charge in [0.1, 0.15) is 0 Å². The molecule has 0 aromatic heterocycles. The highest BCUT2D eigenvalue weighted by Crippen LogP contribution is 2.53. The molecule has 2 saturated heterocycles. The molecule has 2 aromatic rings. The van der Waals surface area contributed by atoms with Gasteiger partial charge in [-0.05, 0) is 68.0 Å². The van der Waals surface area contributed by atoms with E-state index >= 15 is 0 Å². The van der Waals surface area contributed by atoms with Crippen LogP contribution < -0.4 is 10.6 Å². The molecule has 2 aliphatic heterocycles. The Labute approximate surface area is 204 Å². The number of hydrogen-bond acceptors (Lipinski definition) is 4. The van der Waals surface area contributed by atoms with Gasteiger partial charge < -0.3 is 10.6 Å². The van der Waals surface area contributed by atoms with E-state index < -0.39 is 0 Å². The summed E-state index contributed by atoms with van der Waals surface area (Å²) >= 11 is 0. The Hall–Kier alpha value is -2.37. The van der Waals surface area contributed by atoms with Gasteiger partial charge in [0.2, 0.25) is 5.91 Å². The highest BCUT2D eigenvalue weighted by atomic mass is 16.1. The van der Waals surface area contributed by atoms with Crippen molar-refractivity contribution in [3.05, 3.63) is 65.2 Å². The fourth-order valence-corrected chi connectivity index (χ4v) is 6.56. The minimum absolute atomic E-state index is 0.361. The Morgan fingerprint density at radius 1 is 0.971 bits per heavy atom. The van der Waals surface area contributed by atoms with Crippen molar-refractivity contribution in [3.63, 3.8) is 0 Å². The van der Waals surface area contributed by atoms with Gasteiger partial charge in [0, 0.05) is 67.5 Å². The van der Waals surface area contributed by atoms with Crippen LogP contribution in [-0.4, -0.2) is 60.5 Å². The number of carbonyl (C=O) groups excluding carboxylic acids is 1. The van der Waals surface area contributed by atoms with Gasteiger partial charge in [-0.2, -0.15) is 0 Å². The quantitative estimate of drug-likeness (QED) is 0.682. The molecule has 3 aliphatic rings. The average Bonchev–Trinajstić information content (AvgIpc) is 2.77. The zero-order valence-corrected chi connectivity index (χ0v) is 21.2. The highest BCUT2D eigenvalue weighted by molar-refractivity contribution is 5.93. The predicted molar refractivity (Wildman–Crippen MR) is 139 cm³/mol. The smallest absolute Gasteiger partial charge is 0.248 e. The molecule has 2 aromatic carbocycles. The highest BCUT2D eigenvalue weighted by Gasteiger charge is 2.55. The van der Waals surface area contributed by atoms with Crippen molar-refractivity contribution in [1.29, 1.82) is 0 Å². The number of anilines is 1. The number of nitrogens with zero attached hydrogens (tertiary/aromatic N) is 3. The van der Waals surface area contributed by atoms with E-state index in [4.69, 9.17) is 5.73 Å². The molecule has 0 bridgehead atoms. The normalized spacial score (nSPS) is 23.4. The van der Waals surface area contributed by atoms with Crippen molar-refractivity contribution < 1.29 is 4.79 Å². The van der Waals surface area contributed by atoms with Gasteiger partial charge in [-0.1, -0.05) is 38.1 Å². The fourth-order valence-electron chi connectivity index (χ4n) is 6.56. The SMILES string of the molecule is CC(C)c1ccccc1C1CN(C(C)C)CCN1C1CC2(C1)CN(c1ccc(C(N)=O)cc1)C2. The summed E-state index contributed by atoms with van der Waals surface area (Å²) in [5.74, 6) is 0.181. The van der Waals surface area contributed by atoms with Gasteiger partial charge in [-0.15, -0.1) is 0 Å². The van der Waals surface area contributed by atoms with Gasteiger partial charge in [-0.3, -0.25) is 14.6 Å². The van der Waals surface area contributed by atoms with Gasteiger partial charge in [0.15, 0.2) is 0 Å².